The van der Waals surface area contributed by atoms with E-state index in [4.69, 9.17) is 4.74 Å². The van der Waals surface area contributed by atoms with Crippen LogP contribution in [-0.2, 0) is 9.53 Å². The second-order valence-electron chi connectivity index (χ2n) is 6.59. The summed E-state index contributed by atoms with van der Waals surface area (Å²) < 4.78 is 5.49. The van der Waals surface area contributed by atoms with Crippen LogP contribution in [0.25, 0.3) is 0 Å². The Balaban J connectivity index is 1.82. The van der Waals surface area contributed by atoms with Crippen LogP contribution in [-0.4, -0.2) is 38.3 Å². The van der Waals surface area contributed by atoms with Gasteiger partial charge in [0.25, 0.3) is 0 Å². The van der Waals surface area contributed by atoms with E-state index in [-0.39, 0.29) is 12.0 Å². The molecule has 1 aliphatic heterocycles. The molecule has 19 heavy (non-hydrogen) atoms. The lowest BCUT2D eigenvalue weighted by Gasteiger charge is -2.32. The fourth-order valence-electron chi connectivity index (χ4n) is 3.57. The third-order valence-electron chi connectivity index (χ3n) is 4.36. The van der Waals surface area contributed by atoms with Gasteiger partial charge in [0.1, 0.15) is 6.10 Å². The molecule has 4 heteroatoms. The Labute approximate surface area is 116 Å². The molecular weight excluding hydrogens is 240 g/mol. The van der Waals surface area contributed by atoms with E-state index in [0.717, 1.165) is 13.1 Å². The lowest BCUT2D eigenvalue weighted by atomic mass is 9.78. The van der Waals surface area contributed by atoms with E-state index in [0.29, 0.717) is 24.5 Å². The van der Waals surface area contributed by atoms with E-state index >= 15 is 0 Å². The fourth-order valence-corrected chi connectivity index (χ4v) is 3.57. The topological polar surface area (TPSA) is 50.4 Å². The van der Waals surface area contributed by atoms with Gasteiger partial charge < -0.3 is 15.4 Å². The maximum Gasteiger partial charge on any atom is 0.250 e. The van der Waals surface area contributed by atoms with Gasteiger partial charge in [-0.15, -0.1) is 0 Å². The molecule has 1 heterocycles. The zero-order chi connectivity index (χ0) is 13.7. The molecule has 1 saturated heterocycles. The second kappa shape index (κ2) is 6.71. The van der Waals surface area contributed by atoms with Crippen molar-refractivity contribution < 1.29 is 9.53 Å². The number of hydrogen-bond acceptors (Lipinski definition) is 3. The number of rotatable bonds is 5. The predicted octanol–water partition coefficient (Wildman–Crippen LogP) is 1.70. The van der Waals surface area contributed by atoms with Crippen molar-refractivity contribution in [3.8, 4) is 0 Å². The summed E-state index contributed by atoms with van der Waals surface area (Å²) in [4.78, 5) is 12.1. The number of carbonyl (C=O) groups is 1. The summed E-state index contributed by atoms with van der Waals surface area (Å²) in [6.45, 7) is 7.50. The maximum absolute atomic E-state index is 12.1. The van der Waals surface area contributed by atoms with Crippen molar-refractivity contribution in [1.29, 1.82) is 0 Å². The van der Waals surface area contributed by atoms with Gasteiger partial charge in [-0.2, -0.15) is 0 Å². The molecule has 2 aliphatic rings. The van der Waals surface area contributed by atoms with Gasteiger partial charge in [-0.05, 0) is 30.6 Å². The SMILES string of the molecule is CC(C)CC1(CNC(=O)C2CNCCO2)CCCC1. The number of amides is 1. The molecule has 0 aromatic heterocycles. The molecule has 0 bridgehead atoms. The van der Waals surface area contributed by atoms with E-state index in [1.54, 1.807) is 0 Å². The van der Waals surface area contributed by atoms with Gasteiger partial charge in [0.15, 0.2) is 0 Å². The smallest absolute Gasteiger partial charge is 0.250 e. The first-order valence-corrected chi connectivity index (χ1v) is 7.71. The predicted molar refractivity (Wildman–Crippen MR) is 76.0 cm³/mol. The minimum Gasteiger partial charge on any atom is -0.366 e. The first-order chi connectivity index (χ1) is 9.11. The molecule has 2 rings (SSSR count). The Kier molecular flexibility index (Phi) is 5.22. The first-order valence-electron chi connectivity index (χ1n) is 7.71. The summed E-state index contributed by atoms with van der Waals surface area (Å²) in [5, 5.41) is 6.34. The van der Waals surface area contributed by atoms with Crippen LogP contribution in [0.15, 0.2) is 0 Å². The van der Waals surface area contributed by atoms with E-state index in [9.17, 15) is 4.79 Å². The van der Waals surface area contributed by atoms with Gasteiger partial charge in [0, 0.05) is 19.6 Å². The van der Waals surface area contributed by atoms with Crippen molar-refractivity contribution in [2.45, 2.75) is 52.1 Å². The molecule has 1 aliphatic carbocycles. The third-order valence-corrected chi connectivity index (χ3v) is 4.36. The van der Waals surface area contributed by atoms with E-state index in [1.807, 2.05) is 0 Å². The molecule has 1 saturated carbocycles. The molecule has 0 spiro atoms. The molecular formula is C15H28N2O2. The third kappa shape index (κ3) is 4.18. The maximum atomic E-state index is 12.1. The van der Waals surface area contributed by atoms with Crippen LogP contribution >= 0.6 is 0 Å². The second-order valence-corrected chi connectivity index (χ2v) is 6.59. The number of carbonyl (C=O) groups excluding carboxylic acids is 1. The molecule has 0 radical (unpaired) electrons. The van der Waals surface area contributed by atoms with Gasteiger partial charge in [-0.1, -0.05) is 26.7 Å². The number of hydrogen-bond donors (Lipinski definition) is 2. The largest absolute Gasteiger partial charge is 0.366 e. The Morgan fingerprint density at radius 3 is 2.74 bits per heavy atom. The van der Waals surface area contributed by atoms with Crippen molar-refractivity contribution in [3.05, 3.63) is 0 Å². The molecule has 0 aromatic carbocycles. The standard InChI is InChI=1S/C15H28N2O2/c1-12(2)9-15(5-3-4-6-15)11-17-14(18)13-10-16-7-8-19-13/h12-13,16H,3-11H2,1-2H3,(H,17,18). The Hall–Kier alpha value is -0.610. The van der Waals surface area contributed by atoms with Crippen LogP contribution in [0.4, 0.5) is 0 Å². The summed E-state index contributed by atoms with van der Waals surface area (Å²) in [6, 6.07) is 0. The first kappa shape index (κ1) is 14.8. The molecule has 1 unspecified atom stereocenters. The monoisotopic (exact) mass is 268 g/mol. The molecule has 4 nitrogen and oxygen atoms in total. The van der Waals surface area contributed by atoms with Crippen LogP contribution in [0.3, 0.4) is 0 Å². The van der Waals surface area contributed by atoms with Crippen molar-refractivity contribution in [2.75, 3.05) is 26.2 Å². The molecule has 1 atom stereocenters. The molecule has 110 valence electrons. The van der Waals surface area contributed by atoms with Crippen LogP contribution in [0.2, 0.25) is 0 Å². The highest BCUT2D eigenvalue weighted by molar-refractivity contribution is 5.81. The highest BCUT2D eigenvalue weighted by Gasteiger charge is 2.35. The summed E-state index contributed by atoms with van der Waals surface area (Å²) in [5.74, 6) is 0.754. The zero-order valence-electron chi connectivity index (χ0n) is 12.3. The number of morpholine rings is 1. The normalized spacial score (nSPS) is 26.6. The zero-order valence-corrected chi connectivity index (χ0v) is 12.3. The van der Waals surface area contributed by atoms with Gasteiger partial charge in [-0.3, -0.25) is 4.79 Å². The Bertz CT molecular complexity index is 293. The highest BCUT2D eigenvalue weighted by Crippen LogP contribution is 2.42. The Morgan fingerprint density at radius 2 is 2.16 bits per heavy atom. The van der Waals surface area contributed by atoms with Crippen molar-refractivity contribution in [1.82, 2.24) is 10.6 Å². The van der Waals surface area contributed by atoms with Crippen LogP contribution in [0.1, 0.15) is 46.0 Å². The quantitative estimate of drug-likeness (QED) is 0.798. The average molecular weight is 268 g/mol. The lowest BCUT2D eigenvalue weighted by molar-refractivity contribution is -0.134. The van der Waals surface area contributed by atoms with Gasteiger partial charge in [0.2, 0.25) is 5.91 Å². The summed E-state index contributed by atoms with van der Waals surface area (Å²) in [6.07, 6.45) is 6.06. The van der Waals surface area contributed by atoms with E-state index < -0.39 is 0 Å². The van der Waals surface area contributed by atoms with Crippen molar-refractivity contribution >= 4 is 5.91 Å². The van der Waals surface area contributed by atoms with Crippen molar-refractivity contribution in [3.63, 3.8) is 0 Å². The molecule has 1 amide bonds. The average Bonchev–Trinajstić information content (AvgIpc) is 2.85. The molecule has 2 fully saturated rings. The number of nitrogens with one attached hydrogen (secondary N) is 2. The minimum atomic E-state index is -0.300. The van der Waals surface area contributed by atoms with E-state index in [2.05, 4.69) is 24.5 Å². The highest BCUT2D eigenvalue weighted by atomic mass is 16.5. The number of ether oxygens (including phenoxy) is 1. The molecule has 2 N–H and O–H groups in total. The van der Waals surface area contributed by atoms with Gasteiger partial charge in [-0.25, -0.2) is 0 Å². The summed E-state index contributed by atoms with van der Waals surface area (Å²) >= 11 is 0. The van der Waals surface area contributed by atoms with Crippen LogP contribution in [0, 0.1) is 11.3 Å². The Morgan fingerprint density at radius 1 is 1.42 bits per heavy atom. The fraction of sp³-hybridized carbons (Fsp3) is 0.933. The van der Waals surface area contributed by atoms with Crippen molar-refractivity contribution in [2.24, 2.45) is 11.3 Å². The summed E-state index contributed by atoms with van der Waals surface area (Å²) in [7, 11) is 0. The molecule has 0 aromatic rings. The summed E-state index contributed by atoms with van der Waals surface area (Å²) in [5.41, 5.74) is 0.339. The van der Waals surface area contributed by atoms with Crippen LogP contribution in [0.5, 0.6) is 0 Å². The van der Waals surface area contributed by atoms with Gasteiger partial charge in [0.05, 0.1) is 6.61 Å². The lowest BCUT2D eigenvalue weighted by Crippen LogP contribution is -2.49. The van der Waals surface area contributed by atoms with E-state index in [1.165, 1.54) is 32.1 Å². The minimum absolute atomic E-state index is 0.0576. The van der Waals surface area contributed by atoms with Gasteiger partial charge >= 0.3 is 0 Å². The van der Waals surface area contributed by atoms with Crippen LogP contribution < -0.4 is 10.6 Å².